The van der Waals surface area contributed by atoms with E-state index in [1.165, 1.54) is 12.1 Å². The van der Waals surface area contributed by atoms with Crippen LogP contribution in [0, 0.1) is 5.41 Å². The van der Waals surface area contributed by atoms with Crippen molar-refractivity contribution in [3.63, 3.8) is 0 Å². The van der Waals surface area contributed by atoms with Crippen LogP contribution in [0.5, 0.6) is 0 Å². The number of carbonyl (C=O) groups excluding carboxylic acids is 1. The van der Waals surface area contributed by atoms with E-state index in [-0.39, 0.29) is 22.5 Å². The summed E-state index contributed by atoms with van der Waals surface area (Å²) < 4.78 is 46.6. The molecule has 8 heteroatoms. The van der Waals surface area contributed by atoms with Crippen molar-refractivity contribution in [3.05, 3.63) is 35.0 Å². The zero-order chi connectivity index (χ0) is 20.8. The number of carbonyl (C=O) groups is 1. The van der Waals surface area contributed by atoms with Crippen LogP contribution in [0.25, 0.3) is 10.9 Å². The second kappa shape index (κ2) is 7.16. The lowest BCUT2D eigenvalue weighted by atomic mass is 9.89. The van der Waals surface area contributed by atoms with Gasteiger partial charge in [0.1, 0.15) is 5.69 Å². The predicted molar refractivity (Wildman–Crippen MR) is 104 cm³/mol. The first kappa shape index (κ1) is 19.9. The van der Waals surface area contributed by atoms with Crippen molar-refractivity contribution in [2.24, 2.45) is 5.41 Å². The summed E-state index contributed by atoms with van der Waals surface area (Å²) in [4.78, 5) is 16.8. The predicted octanol–water partition coefficient (Wildman–Crippen LogP) is 4.33. The van der Waals surface area contributed by atoms with Crippen LogP contribution in [-0.2, 0) is 10.9 Å². The largest absolute Gasteiger partial charge is 0.418 e. The number of alkyl halides is 3. The molecule has 1 aliphatic heterocycles. The molecule has 4 rings (SSSR count). The van der Waals surface area contributed by atoms with E-state index in [9.17, 15) is 18.0 Å². The molecule has 5 nitrogen and oxygen atoms in total. The summed E-state index contributed by atoms with van der Waals surface area (Å²) in [6.45, 7) is 5.83. The Morgan fingerprint density at radius 3 is 2.55 bits per heavy atom. The molecule has 0 atom stereocenters. The molecule has 2 aliphatic rings. The molecular weight excluding hydrogens is 383 g/mol. The first-order chi connectivity index (χ1) is 13.7. The number of nitrogens with one attached hydrogen (secondary N) is 2. The zero-order valence-corrected chi connectivity index (χ0v) is 16.4. The number of pyridine rings is 1. The maximum Gasteiger partial charge on any atom is 0.418 e. The molecule has 2 aromatic rings. The average Bonchev–Trinajstić information content (AvgIpc) is 3.48. The molecule has 29 heavy (non-hydrogen) atoms. The highest BCUT2D eigenvalue weighted by atomic mass is 19.4. The fourth-order valence-corrected chi connectivity index (χ4v) is 3.61. The molecule has 2 N–H and O–H groups in total. The zero-order valence-electron chi connectivity index (χ0n) is 16.4. The number of hydrogen-bond acceptors (Lipinski definition) is 4. The highest BCUT2D eigenvalue weighted by molar-refractivity contribution is 6.01. The lowest BCUT2D eigenvalue weighted by Gasteiger charge is -2.37. The molecule has 1 aliphatic carbocycles. The van der Waals surface area contributed by atoms with E-state index in [0.29, 0.717) is 42.9 Å². The summed E-state index contributed by atoms with van der Waals surface area (Å²) in [5.41, 5.74) is 0.0262. The molecule has 1 saturated heterocycles. The Kier molecular flexibility index (Phi) is 4.93. The van der Waals surface area contributed by atoms with Gasteiger partial charge in [-0.25, -0.2) is 4.98 Å². The molecule has 0 spiro atoms. The average molecular weight is 407 g/mol. The molecule has 1 aromatic carbocycles. The maximum absolute atomic E-state index is 13.8. The van der Waals surface area contributed by atoms with Crippen molar-refractivity contribution in [3.8, 4) is 0 Å². The summed E-state index contributed by atoms with van der Waals surface area (Å²) in [6.07, 6.45) is -2.75. The minimum Gasteiger partial charge on any atom is -0.385 e. The first-order valence-electron chi connectivity index (χ1n) is 9.86. The lowest BCUT2D eigenvalue weighted by molar-refractivity contribution is -0.136. The standard InChI is InChI=1S/C21H24F3N3O2/c1-3-25-16-8-17(19(28)26-9-20(2)10-29-11-20)27-18-14(16)6-13(12-4-5-12)7-15(18)21(22,23)24/h6-8,12H,3-5,9-11H2,1-2H3,(H,25,27)(H,26,28). The summed E-state index contributed by atoms with van der Waals surface area (Å²) in [5.74, 6) is -0.318. The van der Waals surface area contributed by atoms with E-state index in [1.807, 2.05) is 13.8 Å². The SMILES string of the molecule is CCNc1cc(C(=O)NCC2(C)COC2)nc2c(C(F)(F)F)cc(C3CC3)cc12. The lowest BCUT2D eigenvalue weighted by Crippen LogP contribution is -2.48. The Morgan fingerprint density at radius 1 is 1.28 bits per heavy atom. The third-order valence-electron chi connectivity index (χ3n) is 5.47. The van der Waals surface area contributed by atoms with E-state index in [4.69, 9.17) is 4.74 Å². The molecule has 0 bridgehead atoms. The molecule has 1 aromatic heterocycles. The number of nitrogens with zero attached hydrogens (tertiary/aromatic N) is 1. The highest BCUT2D eigenvalue weighted by Gasteiger charge is 2.37. The highest BCUT2D eigenvalue weighted by Crippen LogP contribution is 2.45. The summed E-state index contributed by atoms with van der Waals surface area (Å²) in [7, 11) is 0. The van der Waals surface area contributed by atoms with Gasteiger partial charge in [-0.3, -0.25) is 4.79 Å². The number of aromatic nitrogens is 1. The second-order valence-corrected chi connectivity index (χ2v) is 8.31. The van der Waals surface area contributed by atoms with Gasteiger partial charge in [0.25, 0.3) is 5.91 Å². The summed E-state index contributed by atoms with van der Waals surface area (Å²) >= 11 is 0. The third-order valence-corrected chi connectivity index (χ3v) is 5.47. The minimum atomic E-state index is -4.55. The molecule has 0 unspecified atom stereocenters. The van der Waals surface area contributed by atoms with E-state index in [1.54, 1.807) is 6.07 Å². The van der Waals surface area contributed by atoms with E-state index < -0.39 is 17.6 Å². The van der Waals surface area contributed by atoms with Gasteiger partial charge < -0.3 is 15.4 Å². The van der Waals surface area contributed by atoms with Crippen molar-refractivity contribution in [2.75, 3.05) is 31.6 Å². The van der Waals surface area contributed by atoms with Gasteiger partial charge in [-0.1, -0.05) is 6.92 Å². The van der Waals surface area contributed by atoms with Crippen molar-refractivity contribution in [1.29, 1.82) is 0 Å². The first-order valence-corrected chi connectivity index (χ1v) is 9.86. The molecule has 0 radical (unpaired) electrons. The van der Waals surface area contributed by atoms with Gasteiger partial charge in [-0.2, -0.15) is 13.2 Å². The van der Waals surface area contributed by atoms with E-state index >= 15 is 0 Å². The second-order valence-electron chi connectivity index (χ2n) is 8.31. The van der Waals surface area contributed by atoms with Crippen LogP contribution in [0.15, 0.2) is 18.2 Å². The Balaban J connectivity index is 1.77. The van der Waals surface area contributed by atoms with Gasteiger partial charge in [0.15, 0.2) is 0 Å². The topological polar surface area (TPSA) is 63.2 Å². The molecule has 2 heterocycles. The van der Waals surface area contributed by atoms with E-state index in [2.05, 4.69) is 15.6 Å². The molecule has 2 fully saturated rings. The number of benzene rings is 1. The van der Waals surface area contributed by atoms with Crippen LogP contribution in [0.2, 0.25) is 0 Å². The molecule has 1 saturated carbocycles. The fourth-order valence-electron chi connectivity index (χ4n) is 3.61. The van der Waals surface area contributed by atoms with Gasteiger partial charge in [0.2, 0.25) is 0 Å². The number of rotatable bonds is 6. The van der Waals surface area contributed by atoms with Crippen LogP contribution in [0.1, 0.15) is 54.2 Å². The van der Waals surface area contributed by atoms with Gasteiger partial charge >= 0.3 is 6.18 Å². The summed E-state index contributed by atoms with van der Waals surface area (Å²) in [6, 6.07) is 4.51. The van der Waals surface area contributed by atoms with Crippen molar-refractivity contribution in [1.82, 2.24) is 10.3 Å². The number of halogens is 3. The van der Waals surface area contributed by atoms with Crippen molar-refractivity contribution >= 4 is 22.5 Å². The van der Waals surface area contributed by atoms with Crippen LogP contribution < -0.4 is 10.6 Å². The number of hydrogen-bond donors (Lipinski definition) is 2. The summed E-state index contributed by atoms with van der Waals surface area (Å²) in [5, 5.41) is 6.28. The quantitative estimate of drug-likeness (QED) is 0.748. The molecule has 156 valence electrons. The monoisotopic (exact) mass is 407 g/mol. The van der Waals surface area contributed by atoms with Gasteiger partial charge in [0, 0.05) is 29.6 Å². The van der Waals surface area contributed by atoms with Crippen LogP contribution >= 0.6 is 0 Å². The fraction of sp³-hybridized carbons (Fsp3) is 0.524. The van der Waals surface area contributed by atoms with Crippen molar-refractivity contribution < 1.29 is 22.7 Å². The van der Waals surface area contributed by atoms with Crippen molar-refractivity contribution in [2.45, 2.75) is 38.8 Å². The van der Waals surface area contributed by atoms with Crippen LogP contribution in [0.4, 0.5) is 18.9 Å². The molecular formula is C21H24F3N3O2. The van der Waals surface area contributed by atoms with E-state index in [0.717, 1.165) is 12.8 Å². The molecule has 1 amide bonds. The Morgan fingerprint density at radius 2 is 2.00 bits per heavy atom. The number of fused-ring (bicyclic) bond motifs is 1. The third kappa shape index (κ3) is 4.03. The van der Waals surface area contributed by atoms with Gasteiger partial charge in [0.05, 0.1) is 24.3 Å². The Labute approximate surface area is 167 Å². The normalized spacial score (nSPS) is 18.4. The Bertz CT molecular complexity index is 950. The van der Waals surface area contributed by atoms with Crippen LogP contribution in [-0.4, -0.2) is 37.2 Å². The minimum absolute atomic E-state index is 0.0260. The number of anilines is 1. The number of amides is 1. The van der Waals surface area contributed by atoms with Gasteiger partial charge in [-0.05, 0) is 49.4 Å². The number of ether oxygens (including phenoxy) is 1. The van der Waals surface area contributed by atoms with Gasteiger partial charge in [-0.15, -0.1) is 0 Å². The smallest absolute Gasteiger partial charge is 0.385 e. The van der Waals surface area contributed by atoms with Crippen LogP contribution in [0.3, 0.4) is 0 Å². The maximum atomic E-state index is 13.8. The Hall–Kier alpha value is -2.35.